The monoisotopic (exact) mass is 320 g/mol. The van der Waals surface area contributed by atoms with Crippen molar-refractivity contribution < 1.29 is 14.3 Å². The molecule has 1 atom stereocenters. The van der Waals surface area contributed by atoms with Crippen molar-refractivity contribution in [3.05, 3.63) is 29.3 Å². The second kappa shape index (κ2) is 6.07. The van der Waals surface area contributed by atoms with Crippen molar-refractivity contribution in [3.63, 3.8) is 0 Å². The number of hydrogen-bond acceptors (Lipinski definition) is 2. The van der Waals surface area contributed by atoms with Gasteiger partial charge in [0.1, 0.15) is 5.75 Å². The molecule has 22 heavy (non-hydrogen) atoms. The Balaban J connectivity index is 2.29. The average molecular weight is 321 g/mol. The van der Waals surface area contributed by atoms with Crippen molar-refractivity contribution in [2.24, 2.45) is 0 Å². The van der Waals surface area contributed by atoms with Gasteiger partial charge < -0.3 is 9.53 Å². The molecule has 3 nitrogen and oxygen atoms in total. The van der Waals surface area contributed by atoms with Crippen LogP contribution in [0.3, 0.4) is 0 Å². The Kier molecular flexibility index (Phi) is 4.71. The van der Waals surface area contributed by atoms with Gasteiger partial charge in [0.25, 0.3) is 8.32 Å². The van der Waals surface area contributed by atoms with E-state index in [-0.39, 0.29) is 5.92 Å². The zero-order valence-corrected chi connectivity index (χ0v) is 15.5. The molecule has 0 bridgehead atoms. The van der Waals surface area contributed by atoms with E-state index in [1.54, 1.807) is 0 Å². The maximum atomic E-state index is 11.1. The molecular weight excluding hydrogens is 292 g/mol. The number of carboxylic acids is 1. The van der Waals surface area contributed by atoms with Gasteiger partial charge in [-0.2, -0.15) is 0 Å². The van der Waals surface area contributed by atoms with Crippen molar-refractivity contribution in [1.29, 1.82) is 0 Å². The van der Waals surface area contributed by atoms with Gasteiger partial charge in [0, 0.05) is 0 Å². The Morgan fingerprint density at radius 1 is 1.14 bits per heavy atom. The van der Waals surface area contributed by atoms with Crippen molar-refractivity contribution >= 4 is 14.3 Å². The van der Waals surface area contributed by atoms with Gasteiger partial charge in [0.05, 0.1) is 5.92 Å². The summed E-state index contributed by atoms with van der Waals surface area (Å²) in [4.78, 5) is 11.1. The van der Waals surface area contributed by atoms with Gasteiger partial charge in [0.2, 0.25) is 0 Å². The minimum Gasteiger partial charge on any atom is -0.543 e. The quantitative estimate of drug-likeness (QED) is 0.753. The van der Waals surface area contributed by atoms with Crippen LogP contribution in [0.2, 0.25) is 16.6 Å². The molecule has 0 fully saturated rings. The zero-order valence-electron chi connectivity index (χ0n) is 14.5. The van der Waals surface area contributed by atoms with Gasteiger partial charge in [0.15, 0.2) is 0 Å². The van der Waals surface area contributed by atoms with E-state index in [0.717, 1.165) is 16.9 Å². The average Bonchev–Trinajstić information content (AvgIpc) is 2.36. The predicted molar refractivity (Wildman–Crippen MR) is 92.2 cm³/mol. The lowest BCUT2D eigenvalue weighted by atomic mass is 9.77. The fourth-order valence-electron chi connectivity index (χ4n) is 4.14. The molecule has 0 heterocycles. The minimum absolute atomic E-state index is 0.327. The number of benzene rings is 1. The van der Waals surface area contributed by atoms with Crippen LogP contribution in [0.1, 0.15) is 58.6 Å². The van der Waals surface area contributed by atoms with Gasteiger partial charge in [-0.25, -0.2) is 0 Å². The molecule has 0 saturated heterocycles. The first kappa shape index (κ1) is 17.1. The van der Waals surface area contributed by atoms with Crippen LogP contribution in [0.5, 0.6) is 5.75 Å². The van der Waals surface area contributed by atoms with Gasteiger partial charge in [-0.1, -0.05) is 47.6 Å². The van der Waals surface area contributed by atoms with Gasteiger partial charge in [-0.15, -0.1) is 0 Å². The van der Waals surface area contributed by atoms with E-state index in [1.165, 1.54) is 0 Å². The number of carboxylic acid groups (broad SMARTS) is 1. The Bertz CT molecular complexity index is 542. The number of carbonyl (C=O) groups is 1. The second-order valence-corrected chi connectivity index (χ2v) is 12.8. The van der Waals surface area contributed by atoms with Gasteiger partial charge >= 0.3 is 5.97 Å². The summed E-state index contributed by atoms with van der Waals surface area (Å²) in [5, 5.41) is 9.13. The van der Waals surface area contributed by atoms with Gasteiger partial charge in [-0.05, 0) is 46.3 Å². The summed E-state index contributed by atoms with van der Waals surface area (Å²) in [7, 11) is -1.94. The lowest BCUT2D eigenvalue weighted by molar-refractivity contribution is -0.139. The minimum atomic E-state index is -1.94. The predicted octanol–water partition coefficient (Wildman–Crippen LogP) is 4.97. The Morgan fingerprint density at radius 3 is 2.09 bits per heavy atom. The lowest BCUT2D eigenvalue weighted by Gasteiger charge is -2.42. The first-order chi connectivity index (χ1) is 10.2. The number of fused-ring (bicyclic) bond motifs is 1. The summed E-state index contributed by atoms with van der Waals surface area (Å²) < 4.78 is 6.64. The molecule has 0 amide bonds. The maximum Gasteiger partial charge on any atom is 0.311 e. The van der Waals surface area contributed by atoms with Crippen molar-refractivity contribution in [1.82, 2.24) is 0 Å². The third-order valence-electron chi connectivity index (χ3n) is 5.21. The number of aliphatic carboxylic acids is 1. The summed E-state index contributed by atoms with van der Waals surface area (Å²) >= 11 is 0. The van der Waals surface area contributed by atoms with Crippen LogP contribution < -0.4 is 4.43 Å². The topological polar surface area (TPSA) is 46.5 Å². The molecule has 1 unspecified atom stereocenters. The molecule has 1 aliphatic carbocycles. The SMILES string of the molecule is CC(C)[Si](Oc1ccc2c(c1)CC2C(=O)O)(C(C)C)C(C)C. The molecule has 122 valence electrons. The van der Waals surface area contributed by atoms with E-state index >= 15 is 0 Å². The summed E-state index contributed by atoms with van der Waals surface area (Å²) in [6, 6.07) is 5.96. The van der Waals surface area contributed by atoms with Gasteiger partial charge in [-0.3, -0.25) is 4.79 Å². The molecule has 0 aliphatic heterocycles. The summed E-state index contributed by atoms with van der Waals surface area (Å²) in [6.07, 6.45) is 0.626. The van der Waals surface area contributed by atoms with Crippen LogP contribution in [0.25, 0.3) is 0 Å². The molecule has 0 radical (unpaired) electrons. The molecule has 1 N–H and O–H groups in total. The van der Waals surface area contributed by atoms with E-state index in [2.05, 4.69) is 47.6 Å². The second-order valence-electron chi connectivity index (χ2n) is 7.38. The standard InChI is InChI=1S/C18H28O3Si/c1-11(2)22(12(3)4,13(5)6)21-15-7-8-16-14(9-15)10-17(16)18(19)20/h7-9,11-13,17H,10H2,1-6H3,(H,19,20). The summed E-state index contributed by atoms with van der Waals surface area (Å²) in [6.45, 7) is 13.6. The van der Waals surface area contributed by atoms with Crippen LogP contribution in [0.4, 0.5) is 0 Å². The third kappa shape index (κ3) is 2.69. The fourth-order valence-corrected chi connectivity index (χ4v) is 9.38. The third-order valence-corrected chi connectivity index (χ3v) is 11.2. The molecular formula is C18H28O3Si. The smallest absolute Gasteiger partial charge is 0.311 e. The van der Waals surface area contributed by atoms with E-state index in [9.17, 15) is 4.79 Å². The Labute approximate surface area is 134 Å². The van der Waals surface area contributed by atoms with Crippen LogP contribution in [0.15, 0.2) is 18.2 Å². The molecule has 0 saturated carbocycles. The van der Waals surface area contributed by atoms with Crippen LogP contribution >= 0.6 is 0 Å². The summed E-state index contributed by atoms with van der Waals surface area (Å²) in [5.41, 5.74) is 3.68. The molecule has 1 aliphatic rings. The normalized spacial score (nSPS) is 17.6. The highest BCUT2D eigenvalue weighted by Crippen LogP contribution is 2.44. The fraction of sp³-hybridized carbons (Fsp3) is 0.611. The van der Waals surface area contributed by atoms with Crippen molar-refractivity contribution in [2.45, 2.75) is 70.5 Å². The lowest BCUT2D eigenvalue weighted by Crippen LogP contribution is -2.50. The first-order valence-corrected chi connectivity index (χ1v) is 10.4. The van der Waals surface area contributed by atoms with Crippen molar-refractivity contribution in [3.8, 4) is 5.75 Å². The maximum absolute atomic E-state index is 11.1. The molecule has 1 aromatic rings. The Morgan fingerprint density at radius 2 is 1.68 bits per heavy atom. The Hall–Kier alpha value is -1.29. The van der Waals surface area contributed by atoms with Crippen LogP contribution in [-0.2, 0) is 11.2 Å². The highest BCUT2D eigenvalue weighted by atomic mass is 28.4. The van der Waals surface area contributed by atoms with E-state index in [4.69, 9.17) is 9.53 Å². The molecule has 2 rings (SSSR count). The summed E-state index contributed by atoms with van der Waals surface area (Å²) in [5.74, 6) is -0.131. The largest absolute Gasteiger partial charge is 0.543 e. The van der Waals surface area contributed by atoms with Crippen LogP contribution in [-0.4, -0.2) is 19.4 Å². The zero-order chi connectivity index (χ0) is 16.7. The molecule has 0 spiro atoms. The molecule has 1 aromatic carbocycles. The number of hydrogen-bond donors (Lipinski definition) is 1. The first-order valence-electron chi connectivity index (χ1n) is 8.24. The van der Waals surface area contributed by atoms with E-state index < -0.39 is 14.3 Å². The number of rotatable bonds is 6. The van der Waals surface area contributed by atoms with Crippen molar-refractivity contribution in [2.75, 3.05) is 0 Å². The highest BCUT2D eigenvalue weighted by molar-refractivity contribution is 6.78. The van der Waals surface area contributed by atoms with E-state index in [1.807, 2.05) is 12.1 Å². The molecule has 4 heteroatoms. The molecule has 0 aromatic heterocycles. The van der Waals surface area contributed by atoms with E-state index in [0.29, 0.717) is 23.0 Å². The van der Waals surface area contributed by atoms with Crippen LogP contribution in [0, 0.1) is 0 Å². The highest BCUT2D eigenvalue weighted by Gasteiger charge is 2.47.